The van der Waals surface area contributed by atoms with Gasteiger partial charge in [0.15, 0.2) is 0 Å². The van der Waals surface area contributed by atoms with E-state index in [4.69, 9.17) is 10.7 Å². The molecule has 0 aromatic carbocycles. The van der Waals surface area contributed by atoms with Crippen molar-refractivity contribution < 1.29 is 0 Å². The molecule has 5 heteroatoms. The van der Waals surface area contributed by atoms with Gasteiger partial charge in [0.2, 0.25) is 5.95 Å². The van der Waals surface area contributed by atoms with Gasteiger partial charge in [-0.25, -0.2) is 4.98 Å². The molecular weight excluding hydrogens is 262 g/mol. The predicted molar refractivity (Wildman–Crippen MR) is 88.9 cm³/mol. The van der Waals surface area contributed by atoms with Crippen LogP contribution in [-0.2, 0) is 0 Å². The molecule has 1 aromatic rings. The Bertz CT molecular complexity index is 413. The Hall–Kier alpha value is -1.36. The summed E-state index contributed by atoms with van der Waals surface area (Å²) in [6.07, 6.45) is 10.8. The number of anilines is 2. The zero-order valence-corrected chi connectivity index (χ0v) is 13.5. The maximum absolute atomic E-state index is 5.73. The van der Waals surface area contributed by atoms with Gasteiger partial charge in [-0.15, -0.1) is 0 Å². The SMILES string of the molecule is CN(C)c1nccc(N(CCCN)C2CCCCCC2)n1. The lowest BCUT2D eigenvalue weighted by atomic mass is 10.1. The van der Waals surface area contributed by atoms with Crippen LogP contribution in [0.5, 0.6) is 0 Å². The van der Waals surface area contributed by atoms with Gasteiger partial charge < -0.3 is 15.5 Å². The van der Waals surface area contributed by atoms with Crippen LogP contribution in [-0.4, -0.2) is 43.2 Å². The molecule has 118 valence electrons. The van der Waals surface area contributed by atoms with Gasteiger partial charge in [-0.3, -0.25) is 0 Å². The summed E-state index contributed by atoms with van der Waals surface area (Å²) in [4.78, 5) is 13.5. The molecule has 2 rings (SSSR count). The number of hydrogen-bond acceptors (Lipinski definition) is 5. The molecule has 1 heterocycles. The van der Waals surface area contributed by atoms with Crippen molar-refractivity contribution in [3.63, 3.8) is 0 Å². The third-order valence-electron chi connectivity index (χ3n) is 4.19. The number of hydrogen-bond donors (Lipinski definition) is 1. The van der Waals surface area contributed by atoms with Crippen molar-refractivity contribution in [1.29, 1.82) is 0 Å². The monoisotopic (exact) mass is 291 g/mol. The van der Waals surface area contributed by atoms with Crippen LogP contribution in [0.2, 0.25) is 0 Å². The van der Waals surface area contributed by atoms with Crippen LogP contribution in [0.25, 0.3) is 0 Å². The summed E-state index contributed by atoms with van der Waals surface area (Å²) in [5, 5.41) is 0. The first kappa shape index (κ1) is 16.0. The van der Waals surface area contributed by atoms with E-state index in [0.29, 0.717) is 6.04 Å². The minimum atomic E-state index is 0.601. The average molecular weight is 291 g/mol. The molecule has 0 aliphatic heterocycles. The molecular formula is C16H29N5. The smallest absolute Gasteiger partial charge is 0.226 e. The van der Waals surface area contributed by atoms with Crippen molar-refractivity contribution in [3.8, 4) is 0 Å². The zero-order valence-electron chi connectivity index (χ0n) is 13.5. The number of nitrogens with zero attached hydrogens (tertiary/aromatic N) is 4. The normalized spacial score (nSPS) is 16.5. The van der Waals surface area contributed by atoms with Gasteiger partial charge in [0.05, 0.1) is 0 Å². The molecule has 0 saturated heterocycles. The minimum Gasteiger partial charge on any atom is -0.353 e. The predicted octanol–water partition coefficient (Wildman–Crippen LogP) is 2.42. The van der Waals surface area contributed by atoms with Crippen LogP contribution in [0, 0.1) is 0 Å². The molecule has 0 atom stereocenters. The van der Waals surface area contributed by atoms with Crippen LogP contribution in [0.1, 0.15) is 44.9 Å². The fourth-order valence-electron chi connectivity index (χ4n) is 3.03. The summed E-state index contributed by atoms with van der Waals surface area (Å²) in [6.45, 7) is 1.72. The van der Waals surface area contributed by atoms with Crippen molar-refractivity contribution >= 4 is 11.8 Å². The van der Waals surface area contributed by atoms with E-state index in [0.717, 1.165) is 31.3 Å². The highest BCUT2D eigenvalue weighted by molar-refractivity contribution is 5.44. The molecule has 5 nitrogen and oxygen atoms in total. The van der Waals surface area contributed by atoms with Gasteiger partial charge in [0, 0.05) is 32.9 Å². The van der Waals surface area contributed by atoms with Crippen LogP contribution >= 0.6 is 0 Å². The molecule has 1 aliphatic carbocycles. The molecule has 1 aliphatic rings. The number of rotatable bonds is 6. The fraction of sp³-hybridized carbons (Fsp3) is 0.750. The summed E-state index contributed by atoms with van der Waals surface area (Å²) in [7, 11) is 3.96. The first-order valence-corrected chi connectivity index (χ1v) is 8.19. The summed E-state index contributed by atoms with van der Waals surface area (Å²) < 4.78 is 0. The molecule has 1 aromatic heterocycles. The Morgan fingerprint density at radius 1 is 1.19 bits per heavy atom. The first-order chi connectivity index (χ1) is 10.2. The van der Waals surface area contributed by atoms with Crippen molar-refractivity contribution in [2.75, 3.05) is 37.0 Å². The summed E-state index contributed by atoms with van der Waals surface area (Å²) in [5.41, 5.74) is 5.73. The van der Waals surface area contributed by atoms with E-state index >= 15 is 0 Å². The first-order valence-electron chi connectivity index (χ1n) is 8.19. The lowest BCUT2D eigenvalue weighted by Crippen LogP contribution is -2.37. The van der Waals surface area contributed by atoms with E-state index in [-0.39, 0.29) is 0 Å². The lowest BCUT2D eigenvalue weighted by Gasteiger charge is -2.32. The lowest BCUT2D eigenvalue weighted by molar-refractivity contribution is 0.514. The van der Waals surface area contributed by atoms with Crippen LogP contribution in [0.15, 0.2) is 12.3 Å². The van der Waals surface area contributed by atoms with Gasteiger partial charge >= 0.3 is 0 Å². The third kappa shape index (κ3) is 4.56. The molecule has 0 spiro atoms. The number of nitrogens with two attached hydrogens (primary N) is 1. The zero-order chi connectivity index (χ0) is 15.1. The fourth-order valence-corrected chi connectivity index (χ4v) is 3.03. The maximum atomic E-state index is 5.73. The molecule has 2 N–H and O–H groups in total. The Labute approximate surface area is 128 Å². The topological polar surface area (TPSA) is 58.3 Å². The van der Waals surface area contributed by atoms with E-state index in [1.54, 1.807) is 0 Å². The Morgan fingerprint density at radius 3 is 2.52 bits per heavy atom. The van der Waals surface area contributed by atoms with Crippen molar-refractivity contribution in [1.82, 2.24) is 9.97 Å². The van der Waals surface area contributed by atoms with Gasteiger partial charge in [0.25, 0.3) is 0 Å². The van der Waals surface area contributed by atoms with E-state index in [1.807, 2.05) is 31.3 Å². The van der Waals surface area contributed by atoms with Crippen LogP contribution in [0.3, 0.4) is 0 Å². The molecule has 1 fully saturated rings. The third-order valence-corrected chi connectivity index (χ3v) is 4.19. The molecule has 1 saturated carbocycles. The van der Waals surface area contributed by atoms with E-state index in [2.05, 4.69) is 9.88 Å². The van der Waals surface area contributed by atoms with Crippen molar-refractivity contribution in [2.45, 2.75) is 51.0 Å². The molecule has 0 bridgehead atoms. The standard InChI is InChI=1S/C16H29N5/c1-20(2)16-18-12-10-15(19-16)21(13-7-11-17)14-8-5-3-4-6-9-14/h10,12,14H,3-9,11,13,17H2,1-2H3. The Kier molecular flexibility index (Phi) is 6.23. The molecule has 0 amide bonds. The Balaban J connectivity index is 2.19. The Morgan fingerprint density at radius 2 is 1.90 bits per heavy atom. The van der Waals surface area contributed by atoms with Gasteiger partial charge in [-0.1, -0.05) is 25.7 Å². The highest BCUT2D eigenvalue weighted by Crippen LogP contribution is 2.26. The van der Waals surface area contributed by atoms with Gasteiger partial charge in [0.1, 0.15) is 5.82 Å². The number of aromatic nitrogens is 2. The average Bonchev–Trinajstić information content (AvgIpc) is 2.77. The molecule has 0 radical (unpaired) electrons. The summed E-state index contributed by atoms with van der Waals surface area (Å²) in [6, 6.07) is 2.64. The highest BCUT2D eigenvalue weighted by atomic mass is 15.3. The van der Waals surface area contributed by atoms with Crippen LogP contribution < -0.4 is 15.5 Å². The van der Waals surface area contributed by atoms with Crippen molar-refractivity contribution in [3.05, 3.63) is 12.3 Å². The minimum absolute atomic E-state index is 0.601. The maximum Gasteiger partial charge on any atom is 0.226 e. The summed E-state index contributed by atoms with van der Waals surface area (Å²) >= 11 is 0. The molecule has 0 unspecified atom stereocenters. The van der Waals surface area contributed by atoms with Gasteiger partial charge in [-0.05, 0) is 31.9 Å². The second-order valence-electron chi connectivity index (χ2n) is 6.09. The van der Waals surface area contributed by atoms with Gasteiger partial charge in [-0.2, -0.15) is 4.98 Å². The summed E-state index contributed by atoms with van der Waals surface area (Å²) in [5.74, 6) is 1.83. The van der Waals surface area contributed by atoms with Crippen molar-refractivity contribution in [2.24, 2.45) is 5.73 Å². The largest absolute Gasteiger partial charge is 0.353 e. The van der Waals surface area contributed by atoms with E-state index in [1.165, 1.54) is 38.5 Å². The second kappa shape index (κ2) is 8.17. The molecule has 21 heavy (non-hydrogen) atoms. The van der Waals surface area contributed by atoms with E-state index < -0.39 is 0 Å². The quantitative estimate of drug-likeness (QED) is 0.816. The second-order valence-corrected chi connectivity index (χ2v) is 6.09. The van der Waals surface area contributed by atoms with E-state index in [9.17, 15) is 0 Å². The highest BCUT2D eigenvalue weighted by Gasteiger charge is 2.21. The van der Waals surface area contributed by atoms with Crippen LogP contribution in [0.4, 0.5) is 11.8 Å².